The van der Waals surface area contributed by atoms with E-state index in [0.717, 1.165) is 33.9 Å². The molecule has 2 N–H and O–H groups in total. The summed E-state index contributed by atoms with van der Waals surface area (Å²) in [5, 5.41) is 4.77. The van der Waals surface area contributed by atoms with Crippen LogP contribution in [0.3, 0.4) is 0 Å². The van der Waals surface area contributed by atoms with Crippen LogP contribution < -0.4 is 5.73 Å². The lowest BCUT2D eigenvalue weighted by atomic mass is 9.90. The lowest BCUT2D eigenvalue weighted by Gasteiger charge is -2.22. The molecule has 2 aromatic heterocycles. The van der Waals surface area contributed by atoms with Crippen molar-refractivity contribution in [1.82, 2.24) is 9.88 Å². The molecule has 0 radical (unpaired) electrons. The Morgan fingerprint density at radius 1 is 1.43 bits per heavy atom. The Labute approximate surface area is 164 Å². The van der Waals surface area contributed by atoms with E-state index in [1.54, 1.807) is 11.3 Å². The second kappa shape index (κ2) is 8.27. The number of hydrogen-bond acceptors (Lipinski definition) is 5. The van der Waals surface area contributed by atoms with Crippen molar-refractivity contribution in [2.24, 2.45) is 11.1 Å². The van der Waals surface area contributed by atoms with Crippen LogP contribution in [0.25, 0.3) is 9.88 Å². The van der Waals surface area contributed by atoms with E-state index in [-0.39, 0.29) is 36.1 Å². The van der Waals surface area contributed by atoms with Gasteiger partial charge in [-0.3, -0.25) is 4.79 Å². The maximum absolute atomic E-state index is 12.5. The van der Waals surface area contributed by atoms with Crippen molar-refractivity contribution < 1.29 is 4.79 Å². The SMILES string of the molecule is CC1(CN)CCN(C(=O)c2csc(-c3cc(Br)cs3)n2)C1.Cl.Cl. The Morgan fingerprint density at radius 2 is 2.17 bits per heavy atom. The third kappa shape index (κ3) is 4.46. The van der Waals surface area contributed by atoms with Gasteiger partial charge in [0.2, 0.25) is 0 Å². The average molecular weight is 459 g/mol. The number of carbonyl (C=O) groups excluding carboxylic acids is 1. The molecule has 0 bridgehead atoms. The van der Waals surface area contributed by atoms with Crippen molar-refractivity contribution in [2.45, 2.75) is 13.3 Å². The number of nitrogens with zero attached hydrogens (tertiary/aromatic N) is 2. The summed E-state index contributed by atoms with van der Waals surface area (Å²) in [6.45, 7) is 4.24. The van der Waals surface area contributed by atoms with Gasteiger partial charge in [0.05, 0.1) is 4.88 Å². The van der Waals surface area contributed by atoms with Crippen LogP contribution in [0.4, 0.5) is 0 Å². The molecule has 2 aromatic rings. The van der Waals surface area contributed by atoms with Crippen LogP contribution >= 0.6 is 63.4 Å². The summed E-state index contributed by atoms with van der Waals surface area (Å²) in [5.74, 6) is 0.0188. The molecule has 128 valence electrons. The largest absolute Gasteiger partial charge is 0.337 e. The van der Waals surface area contributed by atoms with Crippen LogP contribution in [0.2, 0.25) is 0 Å². The number of nitrogens with two attached hydrogens (primary N) is 1. The molecule has 1 aliphatic rings. The van der Waals surface area contributed by atoms with Gasteiger partial charge in [-0.25, -0.2) is 4.98 Å². The smallest absolute Gasteiger partial charge is 0.273 e. The van der Waals surface area contributed by atoms with Gasteiger partial charge < -0.3 is 10.6 Å². The fourth-order valence-corrected chi connectivity index (χ4v) is 4.74. The number of hydrogen-bond donors (Lipinski definition) is 1. The van der Waals surface area contributed by atoms with Gasteiger partial charge in [-0.15, -0.1) is 47.5 Å². The van der Waals surface area contributed by atoms with E-state index in [0.29, 0.717) is 12.2 Å². The molecule has 0 aliphatic carbocycles. The summed E-state index contributed by atoms with van der Waals surface area (Å²) in [6.07, 6.45) is 0.962. The summed E-state index contributed by atoms with van der Waals surface area (Å²) in [6, 6.07) is 2.03. The van der Waals surface area contributed by atoms with E-state index >= 15 is 0 Å². The third-order valence-electron chi connectivity index (χ3n) is 3.84. The molecule has 0 aromatic carbocycles. The number of thiazole rings is 1. The predicted octanol–water partition coefficient (Wildman–Crippen LogP) is 4.29. The minimum atomic E-state index is 0. The van der Waals surface area contributed by atoms with Gasteiger partial charge >= 0.3 is 0 Å². The minimum absolute atomic E-state index is 0. The van der Waals surface area contributed by atoms with Crippen molar-refractivity contribution in [3.63, 3.8) is 0 Å². The van der Waals surface area contributed by atoms with Crippen LogP contribution in [0.5, 0.6) is 0 Å². The average Bonchev–Trinajstić information content (AvgIpc) is 3.17. The first-order chi connectivity index (χ1) is 10.0. The van der Waals surface area contributed by atoms with Crippen molar-refractivity contribution in [3.8, 4) is 9.88 Å². The van der Waals surface area contributed by atoms with Gasteiger partial charge in [0.15, 0.2) is 0 Å². The fourth-order valence-electron chi connectivity index (χ4n) is 2.44. The van der Waals surface area contributed by atoms with Crippen molar-refractivity contribution in [3.05, 3.63) is 27.0 Å². The highest BCUT2D eigenvalue weighted by Gasteiger charge is 2.35. The van der Waals surface area contributed by atoms with Gasteiger partial charge in [0.25, 0.3) is 5.91 Å². The highest BCUT2D eigenvalue weighted by molar-refractivity contribution is 9.10. The van der Waals surface area contributed by atoms with E-state index in [1.165, 1.54) is 11.3 Å². The third-order valence-corrected chi connectivity index (χ3v) is 6.54. The second-order valence-electron chi connectivity index (χ2n) is 5.66. The van der Waals surface area contributed by atoms with Gasteiger partial charge in [-0.1, -0.05) is 6.92 Å². The Bertz CT molecular complexity index is 679. The Hall–Kier alpha value is -0.180. The number of rotatable bonds is 3. The summed E-state index contributed by atoms with van der Waals surface area (Å²) in [4.78, 5) is 20.0. The van der Waals surface area contributed by atoms with Crippen molar-refractivity contribution in [2.75, 3.05) is 19.6 Å². The Kier molecular flexibility index (Phi) is 7.50. The highest BCUT2D eigenvalue weighted by Crippen LogP contribution is 2.33. The number of thiophene rings is 1. The number of aromatic nitrogens is 1. The normalized spacial score (nSPS) is 20.0. The number of amides is 1. The fraction of sp³-hybridized carbons (Fsp3) is 0.429. The molecule has 0 saturated carbocycles. The zero-order valence-electron chi connectivity index (χ0n) is 12.5. The molecule has 1 fully saturated rings. The molecule has 3 heterocycles. The Morgan fingerprint density at radius 3 is 2.74 bits per heavy atom. The zero-order chi connectivity index (χ0) is 15.0. The van der Waals surface area contributed by atoms with E-state index in [1.807, 2.05) is 21.7 Å². The number of halogens is 3. The molecule has 23 heavy (non-hydrogen) atoms. The van der Waals surface area contributed by atoms with Gasteiger partial charge in [-0.2, -0.15) is 0 Å². The van der Waals surface area contributed by atoms with Crippen molar-refractivity contribution in [1.29, 1.82) is 0 Å². The van der Waals surface area contributed by atoms with Crippen LogP contribution in [-0.2, 0) is 0 Å². The molecule has 4 nitrogen and oxygen atoms in total. The molecule has 1 amide bonds. The highest BCUT2D eigenvalue weighted by atomic mass is 79.9. The lowest BCUT2D eigenvalue weighted by Crippen LogP contribution is -2.34. The molecule has 1 atom stereocenters. The molecular weight excluding hydrogens is 441 g/mol. The van der Waals surface area contributed by atoms with E-state index < -0.39 is 0 Å². The van der Waals surface area contributed by atoms with E-state index in [9.17, 15) is 4.79 Å². The summed E-state index contributed by atoms with van der Waals surface area (Å²) >= 11 is 6.58. The topological polar surface area (TPSA) is 59.2 Å². The summed E-state index contributed by atoms with van der Waals surface area (Å²) in [5.41, 5.74) is 6.39. The molecule has 1 unspecified atom stereocenters. The second-order valence-corrected chi connectivity index (χ2v) is 8.34. The molecular formula is C14H18BrCl2N3OS2. The van der Waals surface area contributed by atoms with Gasteiger partial charge in [-0.05, 0) is 40.4 Å². The Balaban J connectivity index is 0.00000132. The molecule has 0 spiro atoms. The minimum Gasteiger partial charge on any atom is -0.337 e. The van der Waals surface area contributed by atoms with Gasteiger partial charge in [0.1, 0.15) is 10.7 Å². The van der Waals surface area contributed by atoms with Crippen molar-refractivity contribution >= 4 is 69.3 Å². The summed E-state index contributed by atoms with van der Waals surface area (Å²) in [7, 11) is 0. The first-order valence-corrected chi connectivity index (χ1v) is 9.25. The quantitative estimate of drug-likeness (QED) is 0.746. The molecule has 1 aliphatic heterocycles. The molecule has 9 heteroatoms. The van der Waals surface area contributed by atoms with Crippen LogP contribution in [0.15, 0.2) is 21.3 Å². The van der Waals surface area contributed by atoms with Gasteiger partial charge in [0, 0.05) is 28.3 Å². The first kappa shape index (κ1) is 20.9. The first-order valence-electron chi connectivity index (χ1n) is 6.70. The lowest BCUT2D eigenvalue weighted by molar-refractivity contribution is 0.0772. The number of likely N-dealkylation sites (tertiary alicyclic amines) is 1. The van der Waals surface area contributed by atoms with E-state index in [2.05, 4.69) is 27.8 Å². The maximum atomic E-state index is 12.5. The molecule has 3 rings (SSSR count). The zero-order valence-corrected chi connectivity index (χ0v) is 17.3. The predicted molar refractivity (Wildman–Crippen MR) is 105 cm³/mol. The standard InChI is InChI=1S/C14H16BrN3OS2.2ClH/c1-14(7-16)2-3-18(8-14)13(19)10-6-21-12(17-10)11-4-9(15)5-20-11;;/h4-6H,2-3,7-8,16H2,1H3;2*1H. The maximum Gasteiger partial charge on any atom is 0.273 e. The number of carbonyl (C=O) groups is 1. The van der Waals surface area contributed by atoms with Crippen LogP contribution in [0, 0.1) is 5.41 Å². The van der Waals surface area contributed by atoms with Crippen LogP contribution in [0.1, 0.15) is 23.8 Å². The monoisotopic (exact) mass is 457 g/mol. The van der Waals surface area contributed by atoms with Crippen LogP contribution in [-0.4, -0.2) is 35.4 Å². The van der Waals surface area contributed by atoms with E-state index in [4.69, 9.17) is 5.73 Å². The summed E-state index contributed by atoms with van der Waals surface area (Å²) < 4.78 is 1.05. The molecule has 1 saturated heterocycles.